The lowest BCUT2D eigenvalue weighted by Crippen LogP contribution is -2.64. The number of carbonyl (C=O) groups is 4. The number of methoxy groups -OCH3 is 2. The number of phenols is 1. The Morgan fingerprint density at radius 2 is 1.90 bits per heavy atom. The summed E-state index contributed by atoms with van der Waals surface area (Å²) in [6.07, 6.45) is 6.78. The number of aromatic nitrogens is 2. The number of rotatable bonds is 9. The molecule has 2 fully saturated rings. The summed E-state index contributed by atoms with van der Waals surface area (Å²) in [5.41, 5.74) is 9.30. The standard InChI is InChI=1S/C47H59N7O8/c1-9-53-40-13-12-30-21-35(40)36(42(53)37-23-48-15-14-31(37)26-60-7)22-47(4,5)27-62-45(58)38-11-10-16-54(50-38)44(57)39(19-29-17-32(30)20-33(55)18-29)49-43(56)41(28(2)3)51(6)46(59)52-24-34(25-52)61-8/h9,12-15,17-18,20-21,23,28,34,38-39,41,50,55H,1,10-11,16,19,22,24-27H2,2-8H3,(H,49,56)/t38-,39-,41-/m0/s1. The molecule has 0 spiro atoms. The van der Waals surface area contributed by atoms with E-state index < -0.39 is 41.3 Å². The van der Waals surface area contributed by atoms with Crippen molar-refractivity contribution >= 4 is 40.9 Å². The summed E-state index contributed by atoms with van der Waals surface area (Å²) in [6.45, 7) is 13.6. The number of hydrazine groups is 1. The zero-order valence-electron chi connectivity index (χ0n) is 36.8. The monoisotopic (exact) mass is 849 g/mol. The van der Waals surface area contributed by atoms with Gasteiger partial charge in [-0.3, -0.25) is 24.4 Å². The molecular weight excluding hydrogens is 791 g/mol. The molecule has 3 N–H and O–H groups in total. The average molecular weight is 850 g/mol. The molecule has 3 atom stereocenters. The molecule has 15 nitrogen and oxygen atoms in total. The minimum atomic E-state index is -1.14. The van der Waals surface area contributed by atoms with Crippen molar-refractivity contribution in [3.8, 4) is 28.1 Å². The van der Waals surface area contributed by atoms with Crippen LogP contribution < -0.4 is 10.7 Å². The molecule has 15 heteroatoms. The van der Waals surface area contributed by atoms with E-state index in [2.05, 4.69) is 46.8 Å². The fourth-order valence-corrected chi connectivity index (χ4v) is 9.00. The number of phenolic OH excluding ortho intramolecular Hbond substituents is 1. The maximum absolute atomic E-state index is 14.6. The van der Waals surface area contributed by atoms with Gasteiger partial charge in [-0.1, -0.05) is 46.4 Å². The van der Waals surface area contributed by atoms with Crippen molar-refractivity contribution in [2.75, 3.05) is 47.5 Å². The first-order chi connectivity index (χ1) is 29.6. The largest absolute Gasteiger partial charge is 0.508 e. The second kappa shape index (κ2) is 18.3. The normalized spacial score (nSPS) is 20.0. The van der Waals surface area contributed by atoms with Gasteiger partial charge in [0, 0.05) is 69.2 Å². The van der Waals surface area contributed by atoms with Crippen LogP contribution in [0.4, 0.5) is 4.79 Å². The number of ether oxygens (including phenoxy) is 3. The highest BCUT2D eigenvalue weighted by Crippen LogP contribution is 2.41. The number of cyclic esters (lactones) is 1. The lowest BCUT2D eigenvalue weighted by Gasteiger charge is -2.42. The van der Waals surface area contributed by atoms with Crippen LogP contribution in [0.15, 0.2) is 61.4 Å². The maximum Gasteiger partial charge on any atom is 0.324 e. The quantitative estimate of drug-likeness (QED) is 0.186. The van der Waals surface area contributed by atoms with Crippen LogP contribution >= 0.6 is 0 Å². The van der Waals surface area contributed by atoms with E-state index in [9.17, 15) is 24.3 Å². The number of amides is 4. The summed E-state index contributed by atoms with van der Waals surface area (Å²) in [5.74, 6) is -1.76. The molecule has 0 unspecified atom stereocenters. The third kappa shape index (κ3) is 9.06. The van der Waals surface area contributed by atoms with Gasteiger partial charge in [-0.15, -0.1) is 0 Å². The molecule has 2 saturated heterocycles. The zero-order chi connectivity index (χ0) is 44.5. The van der Waals surface area contributed by atoms with Crippen molar-refractivity contribution in [1.29, 1.82) is 0 Å². The number of pyridine rings is 1. The van der Waals surface area contributed by atoms with Gasteiger partial charge < -0.3 is 39.0 Å². The number of carbonyl (C=O) groups excluding carboxylic acids is 4. The number of likely N-dealkylation sites (tertiary alicyclic amines) is 1. The molecule has 4 amide bonds. The van der Waals surface area contributed by atoms with E-state index in [0.29, 0.717) is 56.6 Å². The smallest absolute Gasteiger partial charge is 0.324 e. The molecule has 4 aromatic rings. The predicted octanol–water partition coefficient (Wildman–Crippen LogP) is 5.38. The Morgan fingerprint density at radius 3 is 2.61 bits per heavy atom. The molecule has 0 aliphatic carbocycles. The van der Waals surface area contributed by atoms with Crippen molar-refractivity contribution in [2.45, 2.75) is 84.2 Å². The highest BCUT2D eigenvalue weighted by Gasteiger charge is 2.40. The van der Waals surface area contributed by atoms with E-state index in [-0.39, 0.29) is 36.8 Å². The van der Waals surface area contributed by atoms with Crippen LogP contribution in [0.25, 0.3) is 39.5 Å². The Hall–Kier alpha value is -5.77. The second-order valence-corrected chi connectivity index (χ2v) is 17.8. The van der Waals surface area contributed by atoms with Crippen molar-refractivity contribution < 1.29 is 38.5 Å². The molecule has 5 heterocycles. The zero-order valence-corrected chi connectivity index (χ0v) is 36.8. The average Bonchev–Trinajstić information content (AvgIpc) is 3.52. The van der Waals surface area contributed by atoms with E-state index in [4.69, 9.17) is 14.2 Å². The molecule has 2 aromatic carbocycles. The predicted molar refractivity (Wildman–Crippen MR) is 235 cm³/mol. The van der Waals surface area contributed by atoms with Crippen molar-refractivity contribution in [3.63, 3.8) is 0 Å². The van der Waals surface area contributed by atoms with Gasteiger partial charge in [0.1, 0.15) is 23.9 Å². The van der Waals surface area contributed by atoms with Gasteiger partial charge in [-0.25, -0.2) is 10.2 Å². The number of urea groups is 1. The fraction of sp³-hybridized carbons (Fsp3) is 0.468. The number of fused-ring (bicyclic) bond motifs is 6. The van der Waals surface area contributed by atoms with Crippen LogP contribution in [0.5, 0.6) is 5.75 Å². The first-order valence-corrected chi connectivity index (χ1v) is 21.3. The molecule has 0 radical (unpaired) electrons. The Morgan fingerprint density at radius 1 is 1.13 bits per heavy atom. The van der Waals surface area contributed by atoms with Crippen molar-refractivity contribution in [3.05, 3.63) is 78.1 Å². The molecule has 3 aliphatic rings. The van der Waals surface area contributed by atoms with E-state index >= 15 is 0 Å². The van der Waals surface area contributed by atoms with Crippen molar-refractivity contribution in [2.24, 2.45) is 11.3 Å². The Bertz CT molecular complexity index is 2350. The summed E-state index contributed by atoms with van der Waals surface area (Å²) in [5, 5.41) is 16.6. The van der Waals surface area contributed by atoms with Crippen LogP contribution in [0.1, 0.15) is 57.2 Å². The molecule has 330 valence electrons. The van der Waals surface area contributed by atoms with Crippen LogP contribution in [-0.4, -0.2) is 125 Å². The second-order valence-electron chi connectivity index (χ2n) is 17.8. The molecular formula is C47H59N7O8. The van der Waals surface area contributed by atoms with Crippen LogP contribution in [0, 0.1) is 11.3 Å². The summed E-state index contributed by atoms with van der Waals surface area (Å²) in [4.78, 5) is 63.8. The highest BCUT2D eigenvalue weighted by atomic mass is 16.5. The van der Waals surface area contributed by atoms with Gasteiger partial charge in [0.05, 0.1) is 43.6 Å². The summed E-state index contributed by atoms with van der Waals surface area (Å²) in [6, 6.07) is 10.0. The third-order valence-corrected chi connectivity index (χ3v) is 12.2. The molecule has 2 aromatic heterocycles. The van der Waals surface area contributed by atoms with Crippen molar-refractivity contribution in [1.82, 2.24) is 35.1 Å². The summed E-state index contributed by atoms with van der Waals surface area (Å²) in [7, 11) is 4.85. The first-order valence-electron chi connectivity index (χ1n) is 21.3. The summed E-state index contributed by atoms with van der Waals surface area (Å²) < 4.78 is 19.1. The molecule has 3 aliphatic heterocycles. The van der Waals surface area contributed by atoms with Gasteiger partial charge in [-0.2, -0.15) is 0 Å². The summed E-state index contributed by atoms with van der Waals surface area (Å²) >= 11 is 0. The van der Waals surface area contributed by atoms with E-state index in [1.165, 1.54) is 9.91 Å². The third-order valence-electron chi connectivity index (χ3n) is 12.2. The van der Waals surface area contributed by atoms with Gasteiger partial charge in [0.25, 0.3) is 5.91 Å². The Kier molecular flexibility index (Phi) is 13.1. The highest BCUT2D eigenvalue weighted by molar-refractivity contribution is 5.97. The van der Waals surface area contributed by atoms with E-state index in [1.807, 2.05) is 44.3 Å². The number of benzene rings is 2. The Labute approximate surface area is 363 Å². The number of hydrogen-bond acceptors (Lipinski definition) is 10. The van der Waals surface area contributed by atoms with Crippen LogP contribution in [-0.2, 0) is 48.0 Å². The number of esters is 1. The van der Waals surface area contributed by atoms with Crippen LogP contribution in [0.3, 0.4) is 0 Å². The topological polar surface area (TPSA) is 168 Å². The minimum Gasteiger partial charge on any atom is -0.508 e. The van der Waals surface area contributed by atoms with E-state index in [1.54, 1.807) is 50.7 Å². The number of aromatic hydroxyl groups is 1. The fourth-order valence-electron chi connectivity index (χ4n) is 9.00. The SMILES string of the molecule is C=Cn1c(-c2cnccc2COC)c2c3cc(ccc31)-c1cc(O)cc(c1)C[C@H](NC(=O)[C@H](C(C)C)N(C)C(=O)N1CC(OC)C1)C(=O)N1CCC[C@H](N1)C(=O)OCC(C)(C)C2. The van der Waals surface area contributed by atoms with Crippen LogP contribution in [0.2, 0.25) is 0 Å². The molecule has 6 bridgehead atoms. The molecule has 7 rings (SSSR count). The number of nitrogens with zero attached hydrogens (tertiary/aromatic N) is 5. The number of likely N-dealkylation sites (N-methyl/N-ethyl adjacent to an activating group) is 1. The van der Waals surface area contributed by atoms with Gasteiger partial charge >= 0.3 is 12.0 Å². The van der Waals surface area contributed by atoms with E-state index in [0.717, 1.165) is 38.9 Å². The number of nitrogens with one attached hydrogen (secondary N) is 2. The lowest BCUT2D eigenvalue weighted by molar-refractivity contribution is -0.155. The Balaban J connectivity index is 1.32. The first kappa shape index (κ1) is 44.3. The minimum absolute atomic E-state index is 0.00530. The lowest BCUT2D eigenvalue weighted by atomic mass is 9.84. The maximum atomic E-state index is 14.6. The van der Waals surface area contributed by atoms with Gasteiger partial charge in [0.2, 0.25) is 5.91 Å². The van der Waals surface area contributed by atoms with Gasteiger partial charge in [0.15, 0.2) is 0 Å². The molecule has 62 heavy (non-hydrogen) atoms. The van der Waals surface area contributed by atoms with Gasteiger partial charge in [-0.05, 0) is 83.3 Å². The molecule has 0 saturated carbocycles. The number of hydrogen-bond donors (Lipinski definition) is 3.